The molecule has 180 valence electrons. The lowest BCUT2D eigenvalue weighted by molar-refractivity contribution is -0.629. The SMILES string of the molecule is CC1(C)OC[C@H]([N+]2=Cc3ccccc3-c3ccccc3[C@H]2Cc2ccccc2)[C@H](c2ccccc2)O1. The monoisotopic (exact) mass is 474 g/mol. The van der Waals surface area contributed by atoms with E-state index >= 15 is 0 Å². The molecular formula is C33H32NO2+. The van der Waals surface area contributed by atoms with Crippen molar-refractivity contribution in [3.05, 3.63) is 131 Å². The fourth-order valence-electron chi connectivity index (χ4n) is 5.65. The first kappa shape index (κ1) is 22.9. The van der Waals surface area contributed by atoms with Crippen molar-refractivity contribution in [1.82, 2.24) is 0 Å². The fraction of sp³-hybridized carbons (Fsp3) is 0.242. The lowest BCUT2D eigenvalue weighted by Gasteiger charge is -2.40. The molecule has 2 aliphatic rings. The molecule has 3 heteroatoms. The highest BCUT2D eigenvalue weighted by molar-refractivity contribution is 5.90. The molecule has 2 heterocycles. The molecule has 3 nitrogen and oxygen atoms in total. The maximum absolute atomic E-state index is 6.66. The van der Waals surface area contributed by atoms with Gasteiger partial charge in [0.25, 0.3) is 0 Å². The largest absolute Gasteiger partial charge is 0.343 e. The van der Waals surface area contributed by atoms with Gasteiger partial charge in [-0.25, -0.2) is 4.58 Å². The first-order chi connectivity index (χ1) is 17.6. The van der Waals surface area contributed by atoms with Gasteiger partial charge in [0.2, 0.25) is 6.04 Å². The minimum Gasteiger partial charge on any atom is -0.343 e. The van der Waals surface area contributed by atoms with Gasteiger partial charge in [-0.05, 0) is 42.2 Å². The average Bonchev–Trinajstić information content (AvgIpc) is 3.05. The summed E-state index contributed by atoms with van der Waals surface area (Å²) < 4.78 is 15.5. The zero-order valence-corrected chi connectivity index (χ0v) is 20.9. The molecule has 0 spiro atoms. The van der Waals surface area contributed by atoms with Crippen molar-refractivity contribution in [3.8, 4) is 11.1 Å². The van der Waals surface area contributed by atoms with Crippen LogP contribution in [0.1, 0.15) is 48.2 Å². The van der Waals surface area contributed by atoms with E-state index in [1.807, 2.05) is 13.8 Å². The van der Waals surface area contributed by atoms with Gasteiger partial charge in [-0.3, -0.25) is 0 Å². The molecule has 2 aliphatic heterocycles. The first-order valence-corrected chi connectivity index (χ1v) is 12.8. The van der Waals surface area contributed by atoms with Gasteiger partial charge in [-0.2, -0.15) is 0 Å². The molecular weight excluding hydrogens is 442 g/mol. The Bertz CT molecular complexity index is 1380. The number of benzene rings is 4. The first-order valence-electron chi connectivity index (χ1n) is 12.8. The summed E-state index contributed by atoms with van der Waals surface area (Å²) in [7, 11) is 0. The van der Waals surface area contributed by atoms with E-state index in [1.54, 1.807) is 0 Å². The Hall–Kier alpha value is -3.53. The highest BCUT2D eigenvalue weighted by Gasteiger charge is 2.46. The van der Waals surface area contributed by atoms with Crippen molar-refractivity contribution in [2.75, 3.05) is 6.61 Å². The standard InChI is InChI=1S/C33H32NO2/c1-33(2)35-23-31(32(36-33)25-15-7-4-8-16-25)34-22-26-17-9-10-18-27(26)28-19-11-12-20-29(28)30(34)21-24-13-5-3-6-14-24/h3-20,22,30-32H,21,23H2,1-2H3/q+1/t30-,31+,32+/m1/s1. The van der Waals surface area contributed by atoms with Crippen LogP contribution in [0.3, 0.4) is 0 Å². The number of ether oxygens (including phenoxy) is 2. The fourth-order valence-corrected chi connectivity index (χ4v) is 5.65. The Labute approximate surface area is 213 Å². The van der Waals surface area contributed by atoms with E-state index in [0.29, 0.717) is 6.61 Å². The average molecular weight is 475 g/mol. The molecule has 1 fully saturated rings. The summed E-state index contributed by atoms with van der Waals surface area (Å²) in [6.07, 6.45) is 3.11. The number of nitrogens with zero attached hydrogens (tertiary/aromatic N) is 1. The van der Waals surface area contributed by atoms with Crippen LogP contribution >= 0.6 is 0 Å². The molecule has 0 saturated carbocycles. The molecule has 0 radical (unpaired) electrons. The van der Waals surface area contributed by atoms with Crippen molar-refractivity contribution < 1.29 is 14.0 Å². The van der Waals surface area contributed by atoms with Gasteiger partial charge in [-0.1, -0.05) is 103 Å². The molecule has 36 heavy (non-hydrogen) atoms. The second kappa shape index (κ2) is 9.50. The van der Waals surface area contributed by atoms with Gasteiger partial charge in [0.1, 0.15) is 12.7 Å². The molecule has 0 bridgehead atoms. The zero-order chi connectivity index (χ0) is 24.5. The highest BCUT2D eigenvalue weighted by atomic mass is 16.7. The Morgan fingerprint density at radius 1 is 0.750 bits per heavy atom. The molecule has 4 aromatic carbocycles. The molecule has 0 N–H and O–H groups in total. The summed E-state index contributed by atoms with van der Waals surface area (Å²) in [6, 6.07) is 39.1. The summed E-state index contributed by atoms with van der Waals surface area (Å²) in [5.74, 6) is -0.645. The van der Waals surface area contributed by atoms with E-state index in [1.165, 1.54) is 33.4 Å². The molecule has 4 aromatic rings. The Kier molecular flexibility index (Phi) is 6.04. The minimum atomic E-state index is -0.645. The smallest absolute Gasteiger partial charge is 0.206 e. The molecule has 0 aromatic heterocycles. The van der Waals surface area contributed by atoms with Crippen LogP contribution in [0, 0.1) is 0 Å². The van der Waals surface area contributed by atoms with Crippen LogP contribution in [-0.4, -0.2) is 29.2 Å². The van der Waals surface area contributed by atoms with Gasteiger partial charge in [0, 0.05) is 17.5 Å². The van der Waals surface area contributed by atoms with Crippen molar-refractivity contribution >= 4 is 6.21 Å². The predicted molar refractivity (Wildman–Crippen MR) is 144 cm³/mol. The van der Waals surface area contributed by atoms with Gasteiger partial charge < -0.3 is 9.47 Å². The van der Waals surface area contributed by atoms with Gasteiger partial charge >= 0.3 is 0 Å². The van der Waals surface area contributed by atoms with E-state index in [4.69, 9.17) is 9.47 Å². The predicted octanol–water partition coefficient (Wildman–Crippen LogP) is 6.98. The summed E-state index contributed by atoms with van der Waals surface area (Å²) in [6.45, 7) is 4.60. The highest BCUT2D eigenvalue weighted by Crippen LogP contribution is 2.41. The van der Waals surface area contributed by atoms with Gasteiger partial charge in [-0.15, -0.1) is 0 Å². The van der Waals surface area contributed by atoms with Crippen LogP contribution in [0.5, 0.6) is 0 Å². The zero-order valence-electron chi connectivity index (χ0n) is 20.9. The third-order valence-corrected chi connectivity index (χ3v) is 7.36. The summed E-state index contributed by atoms with van der Waals surface area (Å²) >= 11 is 0. The van der Waals surface area contributed by atoms with Crippen molar-refractivity contribution in [1.29, 1.82) is 0 Å². The maximum atomic E-state index is 6.66. The third kappa shape index (κ3) is 4.41. The van der Waals surface area contributed by atoms with Crippen LogP contribution < -0.4 is 0 Å². The van der Waals surface area contributed by atoms with Crippen LogP contribution in [0.4, 0.5) is 0 Å². The van der Waals surface area contributed by atoms with E-state index < -0.39 is 5.79 Å². The van der Waals surface area contributed by atoms with Gasteiger partial charge in [0.15, 0.2) is 18.0 Å². The quantitative estimate of drug-likeness (QED) is 0.298. The summed E-state index contributed by atoms with van der Waals surface area (Å²) in [4.78, 5) is 0. The molecule has 0 amide bonds. The normalized spacial score (nSPS) is 22.6. The minimum absolute atomic E-state index is 0.00773. The van der Waals surface area contributed by atoms with E-state index in [2.05, 4.69) is 120 Å². The van der Waals surface area contributed by atoms with Crippen LogP contribution in [0.15, 0.2) is 109 Å². The van der Waals surface area contributed by atoms with E-state index in [0.717, 1.165) is 6.42 Å². The van der Waals surface area contributed by atoms with Crippen LogP contribution in [0.25, 0.3) is 11.1 Å². The number of fused-ring (bicyclic) bond motifs is 3. The third-order valence-electron chi connectivity index (χ3n) is 7.36. The molecule has 3 atom stereocenters. The van der Waals surface area contributed by atoms with E-state index in [-0.39, 0.29) is 18.2 Å². The number of hydrogen-bond acceptors (Lipinski definition) is 2. The number of rotatable bonds is 4. The van der Waals surface area contributed by atoms with Gasteiger partial charge in [0.05, 0.1) is 0 Å². The Balaban J connectivity index is 1.54. The number of hydrogen-bond donors (Lipinski definition) is 0. The second-order valence-corrected chi connectivity index (χ2v) is 10.2. The molecule has 0 unspecified atom stereocenters. The van der Waals surface area contributed by atoms with Crippen molar-refractivity contribution in [3.63, 3.8) is 0 Å². The molecule has 0 aliphatic carbocycles. The Morgan fingerprint density at radius 2 is 1.39 bits per heavy atom. The maximum Gasteiger partial charge on any atom is 0.206 e. The lowest BCUT2D eigenvalue weighted by atomic mass is 9.90. The summed E-state index contributed by atoms with van der Waals surface area (Å²) in [5.41, 5.74) is 7.61. The summed E-state index contributed by atoms with van der Waals surface area (Å²) in [5, 5.41) is 0. The Morgan fingerprint density at radius 3 is 2.17 bits per heavy atom. The van der Waals surface area contributed by atoms with Crippen LogP contribution in [0.2, 0.25) is 0 Å². The van der Waals surface area contributed by atoms with Crippen LogP contribution in [-0.2, 0) is 15.9 Å². The van der Waals surface area contributed by atoms with E-state index in [9.17, 15) is 0 Å². The topological polar surface area (TPSA) is 21.5 Å². The van der Waals surface area contributed by atoms with Crippen molar-refractivity contribution in [2.45, 2.75) is 44.2 Å². The van der Waals surface area contributed by atoms with Crippen molar-refractivity contribution in [2.24, 2.45) is 0 Å². The second-order valence-electron chi connectivity index (χ2n) is 10.2. The molecule has 6 rings (SSSR count). The lowest BCUT2D eigenvalue weighted by Crippen LogP contribution is -2.50. The molecule has 1 saturated heterocycles.